The number of rotatable bonds is 5. The van der Waals surface area contributed by atoms with Crippen LogP contribution in [0.5, 0.6) is 0 Å². The predicted molar refractivity (Wildman–Crippen MR) is 88.1 cm³/mol. The monoisotopic (exact) mass is 287 g/mol. The first-order valence-electron chi connectivity index (χ1n) is 8.55. The van der Waals surface area contributed by atoms with Crippen LogP contribution in [0.3, 0.4) is 0 Å². The third-order valence-electron chi connectivity index (χ3n) is 5.09. The summed E-state index contributed by atoms with van der Waals surface area (Å²) in [4.78, 5) is 2.60. The number of hydrogen-bond donors (Lipinski definition) is 2. The van der Waals surface area contributed by atoms with Crippen molar-refractivity contribution in [2.75, 3.05) is 19.6 Å². The van der Waals surface area contributed by atoms with E-state index in [1.807, 2.05) is 0 Å². The molecule has 1 unspecified atom stereocenters. The topological polar surface area (TPSA) is 41.3 Å². The third-order valence-corrected chi connectivity index (χ3v) is 5.09. The fourth-order valence-corrected chi connectivity index (χ4v) is 3.72. The zero-order chi connectivity index (χ0) is 14.5. The molecule has 0 spiro atoms. The van der Waals surface area contributed by atoms with Gasteiger partial charge in [0.15, 0.2) is 0 Å². The molecule has 116 valence electrons. The van der Waals surface area contributed by atoms with E-state index in [4.69, 9.17) is 5.73 Å². The predicted octanol–water partition coefficient (Wildman–Crippen LogP) is 2.37. The van der Waals surface area contributed by atoms with Gasteiger partial charge in [-0.2, -0.15) is 0 Å². The van der Waals surface area contributed by atoms with Crippen molar-refractivity contribution in [1.29, 1.82) is 0 Å². The van der Waals surface area contributed by atoms with Gasteiger partial charge in [0, 0.05) is 25.2 Å². The van der Waals surface area contributed by atoms with Crippen LogP contribution < -0.4 is 11.1 Å². The molecule has 2 aliphatic rings. The van der Waals surface area contributed by atoms with Crippen LogP contribution >= 0.6 is 0 Å². The Hall–Kier alpha value is -0.900. The second-order valence-electron chi connectivity index (χ2n) is 6.90. The van der Waals surface area contributed by atoms with E-state index in [9.17, 15) is 0 Å². The molecule has 1 heterocycles. The van der Waals surface area contributed by atoms with Crippen molar-refractivity contribution in [1.82, 2.24) is 10.2 Å². The quantitative estimate of drug-likeness (QED) is 0.873. The van der Waals surface area contributed by atoms with Gasteiger partial charge in [-0.3, -0.25) is 4.90 Å². The molecule has 2 fully saturated rings. The smallest absolute Gasteiger partial charge is 0.0233 e. The van der Waals surface area contributed by atoms with Gasteiger partial charge >= 0.3 is 0 Å². The number of hydrogen-bond acceptors (Lipinski definition) is 3. The molecule has 1 aromatic rings. The second kappa shape index (κ2) is 7.39. The summed E-state index contributed by atoms with van der Waals surface area (Å²) in [5.41, 5.74) is 7.41. The fraction of sp³-hybridized carbons (Fsp3) is 0.667. The summed E-state index contributed by atoms with van der Waals surface area (Å²) in [5, 5.41) is 3.79. The van der Waals surface area contributed by atoms with Crippen LogP contribution in [0.2, 0.25) is 0 Å². The van der Waals surface area contributed by atoms with Gasteiger partial charge < -0.3 is 11.1 Å². The van der Waals surface area contributed by atoms with Crippen molar-refractivity contribution < 1.29 is 0 Å². The molecule has 1 aromatic carbocycles. The van der Waals surface area contributed by atoms with Gasteiger partial charge in [-0.05, 0) is 56.7 Å². The molecule has 1 saturated heterocycles. The number of nitrogens with two attached hydrogens (primary N) is 1. The van der Waals surface area contributed by atoms with E-state index in [0.717, 1.165) is 12.5 Å². The average molecular weight is 287 g/mol. The number of nitrogens with zero attached hydrogens (tertiary/aromatic N) is 1. The van der Waals surface area contributed by atoms with Crippen molar-refractivity contribution in [2.45, 2.75) is 50.7 Å². The molecule has 1 aliphatic heterocycles. The van der Waals surface area contributed by atoms with Crippen LogP contribution in [0.1, 0.15) is 37.7 Å². The van der Waals surface area contributed by atoms with Gasteiger partial charge in [-0.1, -0.05) is 30.3 Å². The zero-order valence-corrected chi connectivity index (χ0v) is 13.0. The van der Waals surface area contributed by atoms with Gasteiger partial charge in [-0.15, -0.1) is 0 Å². The lowest BCUT2D eigenvalue weighted by Gasteiger charge is -2.28. The third kappa shape index (κ3) is 4.53. The first-order chi connectivity index (χ1) is 10.3. The van der Waals surface area contributed by atoms with E-state index >= 15 is 0 Å². The molecule has 1 atom stereocenters. The van der Waals surface area contributed by atoms with Crippen LogP contribution in [-0.2, 0) is 6.54 Å². The Morgan fingerprint density at radius 3 is 2.57 bits per heavy atom. The van der Waals surface area contributed by atoms with Crippen LogP contribution in [0.15, 0.2) is 30.3 Å². The average Bonchev–Trinajstić information content (AvgIpc) is 2.95. The Labute approximate surface area is 128 Å². The standard InChI is InChI=1S/C18H29N3/c19-17-6-8-18(9-7-17)20-12-16-10-11-21(14-16)13-15-4-2-1-3-5-15/h1-5,16-18,20H,6-14,19H2. The summed E-state index contributed by atoms with van der Waals surface area (Å²) in [6, 6.07) is 12.0. The Balaban J connectivity index is 1.37. The lowest BCUT2D eigenvalue weighted by molar-refractivity contribution is 0.298. The Bertz CT molecular complexity index is 412. The van der Waals surface area contributed by atoms with Crippen LogP contribution in [0, 0.1) is 5.92 Å². The van der Waals surface area contributed by atoms with Gasteiger partial charge in [0.05, 0.1) is 0 Å². The number of nitrogens with one attached hydrogen (secondary N) is 1. The van der Waals surface area contributed by atoms with Crippen LogP contribution in [-0.4, -0.2) is 36.6 Å². The lowest BCUT2D eigenvalue weighted by Crippen LogP contribution is -2.39. The first kappa shape index (κ1) is 15.0. The summed E-state index contributed by atoms with van der Waals surface area (Å²) in [5.74, 6) is 0.823. The second-order valence-corrected chi connectivity index (χ2v) is 6.90. The summed E-state index contributed by atoms with van der Waals surface area (Å²) < 4.78 is 0. The van der Waals surface area contributed by atoms with E-state index in [2.05, 4.69) is 40.5 Å². The SMILES string of the molecule is NC1CCC(NCC2CCN(Cc3ccccc3)C2)CC1. The highest BCUT2D eigenvalue weighted by atomic mass is 15.1. The molecule has 0 amide bonds. The van der Waals surface area contributed by atoms with E-state index in [1.165, 1.54) is 57.3 Å². The van der Waals surface area contributed by atoms with E-state index in [0.29, 0.717) is 12.1 Å². The molecule has 0 bridgehead atoms. The van der Waals surface area contributed by atoms with Crippen molar-refractivity contribution >= 4 is 0 Å². The molecule has 21 heavy (non-hydrogen) atoms. The molecule has 0 aromatic heterocycles. The van der Waals surface area contributed by atoms with Gasteiger partial charge in [-0.25, -0.2) is 0 Å². The van der Waals surface area contributed by atoms with Gasteiger partial charge in [0.1, 0.15) is 0 Å². The molecule has 3 N–H and O–H groups in total. The molecule has 1 saturated carbocycles. The molecular formula is C18H29N3. The summed E-state index contributed by atoms with van der Waals surface area (Å²) in [6.07, 6.45) is 6.26. The number of likely N-dealkylation sites (tertiary alicyclic amines) is 1. The molecule has 3 rings (SSSR count). The van der Waals surface area contributed by atoms with E-state index in [1.54, 1.807) is 0 Å². The minimum Gasteiger partial charge on any atom is -0.328 e. The van der Waals surface area contributed by atoms with Crippen LogP contribution in [0.4, 0.5) is 0 Å². The molecule has 3 nitrogen and oxygen atoms in total. The Morgan fingerprint density at radius 1 is 1.05 bits per heavy atom. The van der Waals surface area contributed by atoms with Gasteiger partial charge in [0.25, 0.3) is 0 Å². The fourth-order valence-electron chi connectivity index (χ4n) is 3.72. The normalized spacial score (nSPS) is 30.6. The summed E-state index contributed by atoms with van der Waals surface area (Å²) >= 11 is 0. The van der Waals surface area contributed by atoms with Crippen molar-refractivity contribution in [2.24, 2.45) is 11.7 Å². The van der Waals surface area contributed by atoms with E-state index in [-0.39, 0.29) is 0 Å². The van der Waals surface area contributed by atoms with Crippen molar-refractivity contribution in [3.05, 3.63) is 35.9 Å². The zero-order valence-electron chi connectivity index (χ0n) is 13.0. The maximum atomic E-state index is 5.97. The Kier molecular flexibility index (Phi) is 5.28. The number of benzene rings is 1. The highest BCUT2D eigenvalue weighted by Gasteiger charge is 2.24. The van der Waals surface area contributed by atoms with Crippen molar-refractivity contribution in [3.8, 4) is 0 Å². The first-order valence-corrected chi connectivity index (χ1v) is 8.55. The lowest BCUT2D eigenvalue weighted by atomic mass is 9.91. The highest BCUT2D eigenvalue weighted by molar-refractivity contribution is 5.14. The minimum absolute atomic E-state index is 0.455. The summed E-state index contributed by atoms with van der Waals surface area (Å²) in [6.45, 7) is 4.78. The highest BCUT2D eigenvalue weighted by Crippen LogP contribution is 2.20. The molecule has 1 aliphatic carbocycles. The maximum absolute atomic E-state index is 5.97. The molecule has 0 radical (unpaired) electrons. The van der Waals surface area contributed by atoms with Crippen LogP contribution in [0.25, 0.3) is 0 Å². The largest absolute Gasteiger partial charge is 0.328 e. The van der Waals surface area contributed by atoms with Gasteiger partial charge in [0.2, 0.25) is 0 Å². The maximum Gasteiger partial charge on any atom is 0.0233 e. The van der Waals surface area contributed by atoms with Crippen molar-refractivity contribution in [3.63, 3.8) is 0 Å². The molecular weight excluding hydrogens is 258 g/mol. The summed E-state index contributed by atoms with van der Waals surface area (Å²) in [7, 11) is 0. The molecule has 3 heteroatoms. The minimum atomic E-state index is 0.455. The Morgan fingerprint density at radius 2 is 1.81 bits per heavy atom. The van der Waals surface area contributed by atoms with E-state index < -0.39 is 0 Å².